The van der Waals surface area contributed by atoms with Gasteiger partial charge in [0.05, 0.1) is 5.92 Å². The molecule has 30 heavy (non-hydrogen) atoms. The molecular weight excluding hydrogens is 388 g/mol. The van der Waals surface area contributed by atoms with Crippen LogP contribution in [0.15, 0.2) is 42.5 Å². The van der Waals surface area contributed by atoms with E-state index in [-0.39, 0.29) is 25.7 Å². The van der Waals surface area contributed by atoms with Crippen molar-refractivity contribution < 1.29 is 28.6 Å². The van der Waals surface area contributed by atoms with Crippen molar-refractivity contribution in [3.8, 4) is 11.5 Å². The first-order valence-electron chi connectivity index (χ1n) is 9.79. The fourth-order valence-electron chi connectivity index (χ4n) is 3.45. The van der Waals surface area contributed by atoms with Crippen molar-refractivity contribution in [2.45, 2.75) is 19.8 Å². The molecule has 2 aromatic carbocycles. The van der Waals surface area contributed by atoms with Gasteiger partial charge >= 0.3 is 5.97 Å². The van der Waals surface area contributed by atoms with E-state index in [1.165, 1.54) is 5.56 Å². The first-order valence-corrected chi connectivity index (χ1v) is 9.79. The van der Waals surface area contributed by atoms with E-state index in [4.69, 9.17) is 14.2 Å². The first kappa shape index (κ1) is 19.8. The normalized spacial score (nSPS) is 17.2. The summed E-state index contributed by atoms with van der Waals surface area (Å²) in [6.07, 6.45) is 0.982. The number of nitrogens with zero attached hydrogens (tertiary/aromatic N) is 1. The van der Waals surface area contributed by atoms with E-state index in [9.17, 15) is 14.4 Å². The van der Waals surface area contributed by atoms with Gasteiger partial charge in [-0.2, -0.15) is 0 Å². The highest BCUT2D eigenvalue weighted by molar-refractivity contribution is 6.00. The zero-order chi connectivity index (χ0) is 21.1. The third kappa shape index (κ3) is 4.22. The molecule has 4 rings (SSSR count). The van der Waals surface area contributed by atoms with Crippen molar-refractivity contribution in [1.82, 2.24) is 0 Å². The monoisotopic (exact) mass is 410 g/mol. The number of ether oxygens (including phenoxy) is 3. The Hall–Kier alpha value is -3.55. The van der Waals surface area contributed by atoms with E-state index in [0.717, 1.165) is 12.1 Å². The number of nitrogens with one attached hydrogen (secondary N) is 1. The van der Waals surface area contributed by atoms with Crippen molar-refractivity contribution in [3.63, 3.8) is 0 Å². The predicted octanol–water partition coefficient (Wildman–Crippen LogP) is 2.51. The third-order valence-corrected chi connectivity index (χ3v) is 5.12. The number of rotatable bonds is 6. The zero-order valence-electron chi connectivity index (χ0n) is 16.6. The number of aryl methyl sites for hydroxylation is 1. The van der Waals surface area contributed by atoms with Crippen LogP contribution in [-0.2, 0) is 25.5 Å². The smallest absolute Gasteiger partial charge is 0.311 e. The van der Waals surface area contributed by atoms with E-state index in [2.05, 4.69) is 12.2 Å². The maximum Gasteiger partial charge on any atom is 0.311 e. The summed E-state index contributed by atoms with van der Waals surface area (Å²) >= 11 is 0. The van der Waals surface area contributed by atoms with Crippen molar-refractivity contribution in [2.24, 2.45) is 5.92 Å². The summed E-state index contributed by atoms with van der Waals surface area (Å²) < 4.78 is 15.6. The lowest BCUT2D eigenvalue weighted by atomic mass is 10.1. The van der Waals surface area contributed by atoms with E-state index in [0.29, 0.717) is 17.2 Å². The van der Waals surface area contributed by atoms with Gasteiger partial charge in [0.25, 0.3) is 5.91 Å². The summed E-state index contributed by atoms with van der Waals surface area (Å²) in [5, 5.41) is 2.64. The molecule has 1 atom stereocenters. The average molecular weight is 410 g/mol. The van der Waals surface area contributed by atoms with Crippen LogP contribution in [-0.4, -0.2) is 37.7 Å². The van der Waals surface area contributed by atoms with Gasteiger partial charge in [-0.05, 0) is 36.2 Å². The molecule has 0 aliphatic carbocycles. The molecule has 2 heterocycles. The Morgan fingerprint density at radius 1 is 1.13 bits per heavy atom. The molecule has 2 aliphatic rings. The van der Waals surface area contributed by atoms with Crippen LogP contribution in [0, 0.1) is 5.92 Å². The van der Waals surface area contributed by atoms with E-state index >= 15 is 0 Å². The van der Waals surface area contributed by atoms with E-state index in [1.54, 1.807) is 23.1 Å². The van der Waals surface area contributed by atoms with E-state index in [1.807, 2.05) is 24.3 Å². The van der Waals surface area contributed by atoms with Crippen LogP contribution >= 0.6 is 0 Å². The predicted molar refractivity (Wildman–Crippen MR) is 108 cm³/mol. The quantitative estimate of drug-likeness (QED) is 0.736. The number of benzene rings is 2. The Labute approximate surface area is 173 Å². The van der Waals surface area contributed by atoms with Gasteiger partial charge in [-0.1, -0.05) is 19.1 Å². The largest absolute Gasteiger partial charge is 0.455 e. The number of esters is 1. The molecule has 2 aromatic rings. The van der Waals surface area contributed by atoms with Crippen molar-refractivity contribution >= 4 is 29.2 Å². The minimum Gasteiger partial charge on any atom is -0.455 e. The fraction of sp³-hybridized carbons (Fsp3) is 0.318. The van der Waals surface area contributed by atoms with Crippen molar-refractivity contribution in [1.29, 1.82) is 0 Å². The Kier molecular flexibility index (Phi) is 5.56. The van der Waals surface area contributed by atoms with Crippen LogP contribution in [0.2, 0.25) is 0 Å². The molecule has 2 amide bonds. The lowest BCUT2D eigenvalue weighted by Gasteiger charge is -2.17. The Bertz CT molecular complexity index is 972. The van der Waals surface area contributed by atoms with Gasteiger partial charge in [0.1, 0.15) is 0 Å². The highest BCUT2D eigenvalue weighted by atomic mass is 16.7. The van der Waals surface area contributed by atoms with Gasteiger partial charge in [0, 0.05) is 30.4 Å². The summed E-state index contributed by atoms with van der Waals surface area (Å²) in [5.41, 5.74) is 2.45. The summed E-state index contributed by atoms with van der Waals surface area (Å²) in [7, 11) is 0. The molecule has 0 bridgehead atoms. The van der Waals surface area contributed by atoms with Gasteiger partial charge < -0.3 is 24.4 Å². The molecule has 8 nitrogen and oxygen atoms in total. The van der Waals surface area contributed by atoms with Gasteiger partial charge in [-0.25, -0.2) is 0 Å². The van der Waals surface area contributed by atoms with Crippen LogP contribution in [0.25, 0.3) is 0 Å². The lowest BCUT2D eigenvalue weighted by Crippen LogP contribution is -2.28. The molecule has 0 aromatic heterocycles. The number of amides is 2. The van der Waals surface area contributed by atoms with Gasteiger partial charge in [0.2, 0.25) is 12.7 Å². The van der Waals surface area contributed by atoms with Crippen LogP contribution in [0.5, 0.6) is 11.5 Å². The second kappa shape index (κ2) is 8.44. The molecule has 0 saturated carbocycles. The highest BCUT2D eigenvalue weighted by Crippen LogP contribution is 2.34. The topological polar surface area (TPSA) is 94.2 Å². The molecule has 0 radical (unpaired) electrons. The molecule has 0 unspecified atom stereocenters. The maximum absolute atomic E-state index is 12.4. The maximum atomic E-state index is 12.4. The van der Waals surface area contributed by atoms with Crippen LogP contribution in [0.1, 0.15) is 18.9 Å². The highest BCUT2D eigenvalue weighted by Gasteiger charge is 2.36. The van der Waals surface area contributed by atoms with Gasteiger partial charge in [-0.3, -0.25) is 14.4 Å². The molecule has 0 spiro atoms. The van der Waals surface area contributed by atoms with Crippen LogP contribution < -0.4 is 19.7 Å². The molecule has 156 valence electrons. The molecule has 2 aliphatic heterocycles. The van der Waals surface area contributed by atoms with Gasteiger partial charge in [0.15, 0.2) is 18.1 Å². The standard InChI is InChI=1S/C22H22N2O6/c1-2-14-3-6-17(7-4-14)24-11-15(9-21(24)26)22(27)28-12-20(25)23-16-5-8-18-19(10-16)30-13-29-18/h3-8,10,15H,2,9,11-13H2,1H3,(H,23,25)/t15-/m0/s1. The molecule has 1 saturated heterocycles. The van der Waals surface area contributed by atoms with Crippen molar-refractivity contribution in [2.75, 3.05) is 30.2 Å². The second-order valence-corrected chi connectivity index (χ2v) is 7.15. The number of anilines is 2. The number of hydrogen-bond acceptors (Lipinski definition) is 6. The minimum absolute atomic E-state index is 0.0676. The second-order valence-electron chi connectivity index (χ2n) is 7.15. The van der Waals surface area contributed by atoms with Crippen LogP contribution in [0.3, 0.4) is 0 Å². The SMILES string of the molecule is CCc1ccc(N2C[C@@H](C(=O)OCC(=O)Nc3ccc4c(c3)OCO4)CC2=O)cc1. The molecule has 1 N–H and O–H groups in total. The Morgan fingerprint density at radius 3 is 2.67 bits per heavy atom. The average Bonchev–Trinajstić information content (AvgIpc) is 3.38. The summed E-state index contributed by atoms with van der Waals surface area (Å²) in [4.78, 5) is 38.4. The number of carbonyl (C=O) groups excluding carboxylic acids is 3. The number of carbonyl (C=O) groups is 3. The Morgan fingerprint density at radius 2 is 1.90 bits per heavy atom. The summed E-state index contributed by atoms with van der Waals surface area (Å²) in [6.45, 7) is 2.02. The number of hydrogen-bond donors (Lipinski definition) is 1. The summed E-state index contributed by atoms with van der Waals surface area (Å²) in [6, 6.07) is 12.7. The van der Waals surface area contributed by atoms with Gasteiger partial charge in [-0.15, -0.1) is 0 Å². The fourth-order valence-corrected chi connectivity index (χ4v) is 3.45. The molecular formula is C22H22N2O6. The Balaban J connectivity index is 1.28. The zero-order valence-corrected chi connectivity index (χ0v) is 16.6. The molecule has 8 heteroatoms. The third-order valence-electron chi connectivity index (χ3n) is 5.12. The lowest BCUT2D eigenvalue weighted by molar-refractivity contribution is -0.151. The van der Waals surface area contributed by atoms with Crippen LogP contribution in [0.4, 0.5) is 11.4 Å². The van der Waals surface area contributed by atoms with Crippen molar-refractivity contribution in [3.05, 3.63) is 48.0 Å². The minimum atomic E-state index is -0.596. The number of fused-ring (bicyclic) bond motifs is 1. The molecule has 1 fully saturated rings. The van der Waals surface area contributed by atoms with E-state index < -0.39 is 24.4 Å². The summed E-state index contributed by atoms with van der Waals surface area (Å²) in [5.74, 6) is -0.608. The first-order chi connectivity index (χ1) is 14.5.